The number of rotatable bonds is 7. The maximum atomic E-state index is 11.0. The minimum Gasteiger partial charge on any atom is -0.489 e. The molecule has 2 aromatic carbocycles. The summed E-state index contributed by atoms with van der Waals surface area (Å²) < 4.78 is 5.68. The van der Waals surface area contributed by atoms with E-state index >= 15 is 0 Å². The van der Waals surface area contributed by atoms with Gasteiger partial charge in [0, 0.05) is 5.69 Å². The fourth-order valence-electron chi connectivity index (χ4n) is 1.93. The molecule has 0 fully saturated rings. The first kappa shape index (κ1) is 14.9. The average molecular weight is 285 g/mol. The first-order chi connectivity index (χ1) is 10.2. The molecule has 4 heteroatoms. The summed E-state index contributed by atoms with van der Waals surface area (Å²) in [5.74, 6) is -0.0883. The molecule has 2 N–H and O–H groups in total. The monoisotopic (exact) mass is 285 g/mol. The molecule has 0 spiro atoms. The van der Waals surface area contributed by atoms with Crippen LogP contribution in [-0.4, -0.2) is 17.1 Å². The summed E-state index contributed by atoms with van der Waals surface area (Å²) in [5, 5.41) is 12.0. The van der Waals surface area contributed by atoms with Crippen LogP contribution in [0.2, 0.25) is 0 Å². The van der Waals surface area contributed by atoms with Gasteiger partial charge in [-0.25, -0.2) is 4.79 Å². The predicted molar refractivity (Wildman–Crippen MR) is 82.6 cm³/mol. The Morgan fingerprint density at radius 3 is 2.38 bits per heavy atom. The number of carboxylic acids is 1. The van der Waals surface area contributed by atoms with Crippen molar-refractivity contribution in [2.45, 2.75) is 26.0 Å². The number of aliphatic carboxylic acids is 1. The molecule has 0 bridgehead atoms. The summed E-state index contributed by atoms with van der Waals surface area (Å²) in [6.07, 6.45) is 0.529. The van der Waals surface area contributed by atoms with Gasteiger partial charge in [0.05, 0.1) is 0 Å². The maximum Gasteiger partial charge on any atom is 0.326 e. The topological polar surface area (TPSA) is 58.6 Å². The highest BCUT2D eigenvalue weighted by molar-refractivity contribution is 5.77. The number of carbonyl (C=O) groups is 1. The third-order valence-corrected chi connectivity index (χ3v) is 3.15. The number of hydrogen-bond donors (Lipinski definition) is 2. The second-order valence-corrected chi connectivity index (χ2v) is 4.74. The molecule has 0 aliphatic rings. The molecular weight excluding hydrogens is 266 g/mol. The van der Waals surface area contributed by atoms with E-state index in [2.05, 4.69) is 5.32 Å². The van der Waals surface area contributed by atoms with Crippen molar-refractivity contribution in [3.8, 4) is 5.75 Å². The van der Waals surface area contributed by atoms with Crippen LogP contribution in [0.25, 0.3) is 0 Å². The molecule has 21 heavy (non-hydrogen) atoms. The van der Waals surface area contributed by atoms with Crippen molar-refractivity contribution in [2.75, 3.05) is 5.32 Å². The molecule has 1 unspecified atom stereocenters. The van der Waals surface area contributed by atoms with Crippen LogP contribution < -0.4 is 10.1 Å². The van der Waals surface area contributed by atoms with Gasteiger partial charge in [-0.2, -0.15) is 0 Å². The first-order valence-electron chi connectivity index (χ1n) is 6.95. The molecule has 0 heterocycles. The number of ether oxygens (including phenoxy) is 1. The van der Waals surface area contributed by atoms with Gasteiger partial charge in [0.25, 0.3) is 0 Å². The van der Waals surface area contributed by atoms with Crippen molar-refractivity contribution in [2.24, 2.45) is 0 Å². The first-order valence-corrected chi connectivity index (χ1v) is 6.95. The van der Waals surface area contributed by atoms with Crippen molar-refractivity contribution in [1.82, 2.24) is 0 Å². The van der Waals surface area contributed by atoms with Gasteiger partial charge in [-0.3, -0.25) is 0 Å². The van der Waals surface area contributed by atoms with Crippen LogP contribution in [0.5, 0.6) is 5.75 Å². The van der Waals surface area contributed by atoms with Gasteiger partial charge in [0.1, 0.15) is 18.4 Å². The Morgan fingerprint density at radius 2 is 1.81 bits per heavy atom. The van der Waals surface area contributed by atoms with Gasteiger partial charge in [0.2, 0.25) is 0 Å². The Balaban J connectivity index is 1.91. The van der Waals surface area contributed by atoms with E-state index in [-0.39, 0.29) is 0 Å². The number of anilines is 1. The molecule has 2 aromatic rings. The fraction of sp³-hybridized carbons (Fsp3) is 0.235. The number of hydrogen-bond acceptors (Lipinski definition) is 3. The van der Waals surface area contributed by atoms with Crippen molar-refractivity contribution in [3.63, 3.8) is 0 Å². The van der Waals surface area contributed by atoms with Crippen LogP contribution in [0.3, 0.4) is 0 Å². The summed E-state index contributed by atoms with van der Waals surface area (Å²) in [5.41, 5.74) is 1.88. The van der Waals surface area contributed by atoms with Gasteiger partial charge in [0.15, 0.2) is 0 Å². The Morgan fingerprint density at radius 1 is 1.14 bits per heavy atom. The largest absolute Gasteiger partial charge is 0.489 e. The Kier molecular flexibility index (Phi) is 5.21. The van der Waals surface area contributed by atoms with Crippen LogP contribution >= 0.6 is 0 Å². The maximum absolute atomic E-state index is 11.0. The third-order valence-electron chi connectivity index (χ3n) is 3.15. The minimum atomic E-state index is -0.845. The average Bonchev–Trinajstić information content (AvgIpc) is 2.52. The third kappa shape index (κ3) is 4.53. The van der Waals surface area contributed by atoms with E-state index in [4.69, 9.17) is 9.84 Å². The van der Waals surface area contributed by atoms with E-state index in [1.807, 2.05) is 61.5 Å². The fourth-order valence-corrected chi connectivity index (χ4v) is 1.93. The Hall–Kier alpha value is -2.49. The van der Waals surface area contributed by atoms with E-state index in [9.17, 15) is 4.79 Å². The lowest BCUT2D eigenvalue weighted by atomic mass is 10.2. The van der Waals surface area contributed by atoms with Crippen molar-refractivity contribution in [3.05, 3.63) is 60.2 Å². The van der Waals surface area contributed by atoms with Crippen LogP contribution in [0.4, 0.5) is 5.69 Å². The number of nitrogens with one attached hydrogen (secondary N) is 1. The van der Waals surface area contributed by atoms with Crippen LogP contribution in [0, 0.1) is 0 Å². The predicted octanol–water partition coefficient (Wildman–Crippen LogP) is 3.54. The number of benzene rings is 2. The van der Waals surface area contributed by atoms with Crippen molar-refractivity contribution < 1.29 is 14.6 Å². The normalized spacial score (nSPS) is 11.7. The molecule has 2 rings (SSSR count). The highest BCUT2D eigenvalue weighted by Crippen LogP contribution is 2.18. The minimum absolute atomic E-state index is 0.514. The van der Waals surface area contributed by atoms with Crippen molar-refractivity contribution in [1.29, 1.82) is 0 Å². The van der Waals surface area contributed by atoms with Crippen LogP contribution in [0.15, 0.2) is 54.6 Å². The summed E-state index contributed by atoms with van der Waals surface area (Å²) in [4.78, 5) is 11.0. The van der Waals surface area contributed by atoms with Crippen LogP contribution in [0.1, 0.15) is 18.9 Å². The molecule has 1 atom stereocenters. The van der Waals surface area contributed by atoms with Gasteiger partial charge in [-0.05, 0) is 36.2 Å². The van der Waals surface area contributed by atoms with Gasteiger partial charge >= 0.3 is 5.97 Å². The Bertz CT molecular complexity index is 566. The van der Waals surface area contributed by atoms with E-state index < -0.39 is 12.0 Å². The Labute approximate surface area is 124 Å². The molecule has 0 saturated carbocycles. The van der Waals surface area contributed by atoms with Crippen LogP contribution in [-0.2, 0) is 11.4 Å². The lowest BCUT2D eigenvalue weighted by Gasteiger charge is -2.14. The zero-order chi connectivity index (χ0) is 15.1. The summed E-state index contributed by atoms with van der Waals surface area (Å²) in [6.45, 7) is 2.35. The highest BCUT2D eigenvalue weighted by atomic mass is 16.5. The smallest absolute Gasteiger partial charge is 0.326 e. The number of carboxylic acid groups (broad SMARTS) is 1. The molecule has 0 radical (unpaired) electrons. The summed E-state index contributed by atoms with van der Waals surface area (Å²) in [6, 6.07) is 16.7. The molecule has 110 valence electrons. The molecule has 0 aliphatic carbocycles. The standard InChI is InChI=1S/C17H19NO3/c1-2-16(17(19)20)18-14-8-10-15(11-9-14)21-12-13-6-4-3-5-7-13/h3-11,16,18H,2,12H2,1H3,(H,19,20). The van der Waals surface area contributed by atoms with E-state index in [0.29, 0.717) is 13.0 Å². The molecule has 0 aliphatic heterocycles. The molecule has 0 aromatic heterocycles. The van der Waals surface area contributed by atoms with E-state index in [1.54, 1.807) is 0 Å². The quantitative estimate of drug-likeness (QED) is 0.817. The summed E-state index contributed by atoms with van der Waals surface area (Å²) in [7, 11) is 0. The van der Waals surface area contributed by atoms with Crippen molar-refractivity contribution >= 4 is 11.7 Å². The highest BCUT2D eigenvalue weighted by Gasteiger charge is 2.13. The molecular formula is C17H19NO3. The van der Waals surface area contributed by atoms with Gasteiger partial charge < -0.3 is 15.2 Å². The second-order valence-electron chi connectivity index (χ2n) is 4.74. The molecule has 4 nitrogen and oxygen atoms in total. The lowest BCUT2D eigenvalue weighted by Crippen LogP contribution is -2.28. The second kappa shape index (κ2) is 7.33. The SMILES string of the molecule is CCC(Nc1ccc(OCc2ccccc2)cc1)C(=O)O. The summed E-state index contributed by atoms with van der Waals surface area (Å²) >= 11 is 0. The lowest BCUT2D eigenvalue weighted by molar-refractivity contribution is -0.137. The van der Waals surface area contributed by atoms with Gasteiger partial charge in [-0.15, -0.1) is 0 Å². The zero-order valence-corrected chi connectivity index (χ0v) is 12.0. The van der Waals surface area contributed by atoms with E-state index in [0.717, 1.165) is 17.0 Å². The molecule has 0 saturated heterocycles. The van der Waals surface area contributed by atoms with E-state index in [1.165, 1.54) is 0 Å². The van der Waals surface area contributed by atoms with Gasteiger partial charge in [-0.1, -0.05) is 37.3 Å². The zero-order valence-electron chi connectivity index (χ0n) is 12.0. The molecule has 0 amide bonds.